The Labute approximate surface area is 82.5 Å². The van der Waals surface area contributed by atoms with E-state index in [1.807, 2.05) is 0 Å². The summed E-state index contributed by atoms with van der Waals surface area (Å²) in [5.74, 6) is -1.21. The van der Waals surface area contributed by atoms with Gasteiger partial charge in [0.2, 0.25) is 0 Å². The first-order valence-corrected chi connectivity index (χ1v) is 5.17. The summed E-state index contributed by atoms with van der Waals surface area (Å²) in [4.78, 5) is 10.5. The molecule has 0 radical (unpaired) electrons. The highest BCUT2D eigenvalue weighted by molar-refractivity contribution is 7.81. The number of hydrogen-bond acceptors (Lipinski definition) is 5. The molecule has 0 unspecified atom stereocenters. The molecule has 7 heteroatoms. The first-order valence-electron chi connectivity index (χ1n) is 3.84. The van der Waals surface area contributed by atoms with Gasteiger partial charge in [-0.15, -0.1) is 0 Å². The molecule has 0 fully saturated rings. The maximum atomic E-state index is 10.6. The van der Waals surface area contributed by atoms with Crippen LogP contribution in [0.1, 0.15) is 19.8 Å². The Kier molecular flexibility index (Phi) is 5.18. The Morgan fingerprint density at radius 2 is 2.07 bits per heavy atom. The van der Waals surface area contributed by atoms with Gasteiger partial charge in [-0.25, -0.2) is 8.98 Å². The topological polar surface area (TPSA) is 89.9 Å². The zero-order valence-electron chi connectivity index (χ0n) is 7.89. The van der Waals surface area contributed by atoms with Crippen LogP contribution in [0.5, 0.6) is 0 Å². The molecule has 0 saturated carbocycles. The third kappa shape index (κ3) is 4.83. The van der Waals surface area contributed by atoms with E-state index in [2.05, 4.69) is 8.37 Å². The van der Waals surface area contributed by atoms with Gasteiger partial charge in [0.05, 0.1) is 12.7 Å². The smallest absolute Gasteiger partial charge is 0.448 e. The standard InChI is InChI=1S/C7H12O6S/c1-3-4-6(7(8)9)5-13-14(10,11)12-2/h5H,3-4H2,1-2H3,(H,8,9). The second-order valence-electron chi connectivity index (χ2n) is 2.37. The highest BCUT2D eigenvalue weighted by Crippen LogP contribution is 2.07. The molecular weight excluding hydrogens is 212 g/mol. The van der Waals surface area contributed by atoms with E-state index in [-0.39, 0.29) is 12.0 Å². The molecule has 0 saturated heterocycles. The lowest BCUT2D eigenvalue weighted by molar-refractivity contribution is -0.132. The normalized spacial score (nSPS) is 12.6. The molecular formula is C7H12O6S. The molecule has 0 aliphatic heterocycles. The average molecular weight is 224 g/mol. The van der Waals surface area contributed by atoms with E-state index in [1.54, 1.807) is 6.92 Å². The van der Waals surface area contributed by atoms with Crippen molar-refractivity contribution in [2.45, 2.75) is 19.8 Å². The first kappa shape index (κ1) is 12.9. The van der Waals surface area contributed by atoms with Gasteiger partial charge in [-0.1, -0.05) is 13.3 Å². The molecule has 6 nitrogen and oxygen atoms in total. The van der Waals surface area contributed by atoms with E-state index in [9.17, 15) is 13.2 Å². The monoisotopic (exact) mass is 224 g/mol. The Morgan fingerprint density at radius 1 is 1.50 bits per heavy atom. The maximum Gasteiger partial charge on any atom is 0.448 e. The van der Waals surface area contributed by atoms with Crippen LogP contribution in [0.25, 0.3) is 0 Å². The number of aliphatic carboxylic acids is 1. The molecule has 82 valence electrons. The lowest BCUT2D eigenvalue weighted by Gasteiger charge is -2.01. The summed E-state index contributed by atoms with van der Waals surface area (Å²) < 4.78 is 29.4. The summed E-state index contributed by atoms with van der Waals surface area (Å²) in [6, 6.07) is 0. The second kappa shape index (κ2) is 5.61. The first-order chi connectivity index (χ1) is 6.43. The van der Waals surface area contributed by atoms with Gasteiger partial charge in [0, 0.05) is 0 Å². The number of carboxylic acids is 1. The summed E-state index contributed by atoms with van der Waals surface area (Å²) in [5, 5.41) is 8.59. The predicted octanol–water partition coefficient (Wildman–Crippen LogP) is 0.663. The van der Waals surface area contributed by atoms with Crippen LogP contribution in [0, 0.1) is 0 Å². The summed E-state index contributed by atoms with van der Waals surface area (Å²) in [5.41, 5.74) is -0.117. The van der Waals surface area contributed by atoms with E-state index in [0.717, 1.165) is 7.11 Å². The van der Waals surface area contributed by atoms with E-state index < -0.39 is 16.4 Å². The third-order valence-electron chi connectivity index (χ3n) is 1.31. The van der Waals surface area contributed by atoms with Crippen molar-refractivity contribution in [2.75, 3.05) is 7.11 Å². The molecule has 0 bridgehead atoms. The van der Waals surface area contributed by atoms with Crippen LogP contribution in [0.3, 0.4) is 0 Å². The summed E-state index contributed by atoms with van der Waals surface area (Å²) in [6.07, 6.45) is 1.48. The fourth-order valence-corrected chi connectivity index (χ4v) is 0.954. The summed E-state index contributed by atoms with van der Waals surface area (Å²) >= 11 is 0. The van der Waals surface area contributed by atoms with Gasteiger partial charge in [0.1, 0.15) is 6.26 Å². The van der Waals surface area contributed by atoms with Crippen molar-refractivity contribution in [2.24, 2.45) is 0 Å². The summed E-state index contributed by atoms with van der Waals surface area (Å²) in [7, 11) is -3.19. The Bertz CT molecular complexity index is 315. The molecule has 0 aromatic heterocycles. The van der Waals surface area contributed by atoms with Gasteiger partial charge < -0.3 is 9.29 Å². The minimum atomic E-state index is -4.11. The van der Waals surface area contributed by atoms with Crippen molar-refractivity contribution in [3.63, 3.8) is 0 Å². The summed E-state index contributed by atoms with van der Waals surface area (Å²) in [6.45, 7) is 1.77. The Hall–Kier alpha value is -1.08. The minimum absolute atomic E-state index is 0.117. The highest BCUT2D eigenvalue weighted by Gasteiger charge is 2.11. The van der Waals surface area contributed by atoms with E-state index >= 15 is 0 Å². The zero-order chi connectivity index (χ0) is 11.2. The Morgan fingerprint density at radius 3 is 2.43 bits per heavy atom. The largest absolute Gasteiger partial charge is 0.478 e. The van der Waals surface area contributed by atoms with Gasteiger partial charge in [-0.05, 0) is 6.42 Å². The van der Waals surface area contributed by atoms with Crippen molar-refractivity contribution in [3.05, 3.63) is 11.8 Å². The van der Waals surface area contributed by atoms with Gasteiger partial charge in [0.15, 0.2) is 0 Å². The lowest BCUT2D eigenvalue weighted by atomic mass is 10.2. The highest BCUT2D eigenvalue weighted by atomic mass is 32.3. The van der Waals surface area contributed by atoms with Gasteiger partial charge in [-0.3, -0.25) is 0 Å². The van der Waals surface area contributed by atoms with E-state index in [4.69, 9.17) is 5.11 Å². The maximum absolute atomic E-state index is 10.6. The molecule has 0 heterocycles. The number of carboxylic acid groups (broad SMARTS) is 1. The average Bonchev–Trinajstić information content (AvgIpc) is 2.12. The fourth-order valence-electron chi connectivity index (χ4n) is 0.642. The van der Waals surface area contributed by atoms with Crippen LogP contribution in [0.4, 0.5) is 0 Å². The quantitative estimate of drug-likeness (QED) is 0.526. The Balaban J connectivity index is 4.53. The number of hydrogen-bond donors (Lipinski definition) is 1. The van der Waals surface area contributed by atoms with Gasteiger partial charge in [-0.2, -0.15) is 8.42 Å². The van der Waals surface area contributed by atoms with Crippen molar-refractivity contribution >= 4 is 16.4 Å². The van der Waals surface area contributed by atoms with Crippen LogP contribution in [-0.2, 0) is 23.6 Å². The molecule has 0 rings (SSSR count). The zero-order valence-corrected chi connectivity index (χ0v) is 8.70. The van der Waals surface area contributed by atoms with Crippen LogP contribution in [-0.4, -0.2) is 26.6 Å². The molecule has 0 aromatic carbocycles. The lowest BCUT2D eigenvalue weighted by Crippen LogP contribution is -2.06. The van der Waals surface area contributed by atoms with Gasteiger partial charge >= 0.3 is 16.4 Å². The molecule has 0 aromatic rings. The SMILES string of the molecule is CCCC(=COS(=O)(=O)OC)C(=O)O. The van der Waals surface area contributed by atoms with E-state index in [1.165, 1.54) is 0 Å². The molecule has 0 aliphatic carbocycles. The molecule has 0 atom stereocenters. The van der Waals surface area contributed by atoms with Crippen molar-refractivity contribution in [3.8, 4) is 0 Å². The van der Waals surface area contributed by atoms with Crippen molar-refractivity contribution in [1.82, 2.24) is 0 Å². The molecule has 0 aliphatic rings. The van der Waals surface area contributed by atoms with Crippen LogP contribution in [0.2, 0.25) is 0 Å². The number of rotatable bonds is 6. The number of carbonyl (C=O) groups is 1. The van der Waals surface area contributed by atoms with Gasteiger partial charge in [0.25, 0.3) is 0 Å². The molecule has 14 heavy (non-hydrogen) atoms. The van der Waals surface area contributed by atoms with E-state index in [0.29, 0.717) is 12.7 Å². The molecule has 1 N–H and O–H groups in total. The third-order valence-corrected chi connectivity index (χ3v) is 2.05. The molecule has 0 amide bonds. The van der Waals surface area contributed by atoms with Crippen LogP contribution in [0.15, 0.2) is 11.8 Å². The van der Waals surface area contributed by atoms with Crippen molar-refractivity contribution in [1.29, 1.82) is 0 Å². The van der Waals surface area contributed by atoms with Crippen molar-refractivity contribution < 1.29 is 26.7 Å². The van der Waals surface area contributed by atoms with Crippen LogP contribution < -0.4 is 0 Å². The predicted molar refractivity (Wildman–Crippen MR) is 47.6 cm³/mol. The second-order valence-corrected chi connectivity index (χ2v) is 3.71. The molecule has 0 spiro atoms. The fraction of sp³-hybridized carbons (Fsp3) is 0.571. The van der Waals surface area contributed by atoms with Crippen LogP contribution >= 0.6 is 0 Å². The minimum Gasteiger partial charge on any atom is -0.478 e.